The van der Waals surface area contributed by atoms with E-state index in [4.69, 9.17) is 0 Å². The molecule has 1 aromatic rings. The molecule has 1 amide bonds. The fourth-order valence-corrected chi connectivity index (χ4v) is 1.21. The quantitative estimate of drug-likeness (QED) is 0.838. The van der Waals surface area contributed by atoms with E-state index in [9.17, 15) is 18.0 Å². The van der Waals surface area contributed by atoms with Crippen LogP contribution in [0, 0.1) is 0 Å². The molecule has 0 aliphatic heterocycles. The number of hydrogen-bond acceptors (Lipinski definition) is 3. The molecule has 1 aromatic heterocycles. The van der Waals surface area contributed by atoms with Crippen molar-refractivity contribution in [1.82, 2.24) is 15.6 Å². The summed E-state index contributed by atoms with van der Waals surface area (Å²) in [7, 11) is 0. The number of alkyl halides is 3. The van der Waals surface area contributed by atoms with E-state index < -0.39 is 24.7 Å². The van der Waals surface area contributed by atoms with Gasteiger partial charge in [0.25, 0.3) is 0 Å². The lowest BCUT2D eigenvalue weighted by Gasteiger charge is -2.15. The largest absolute Gasteiger partial charge is 0.405 e. The molecule has 0 saturated carbocycles. The van der Waals surface area contributed by atoms with Crippen LogP contribution in [0.5, 0.6) is 0 Å². The van der Waals surface area contributed by atoms with Gasteiger partial charge in [0.15, 0.2) is 0 Å². The van der Waals surface area contributed by atoms with E-state index in [2.05, 4.69) is 10.3 Å². The highest BCUT2D eigenvalue weighted by Gasteiger charge is 2.28. The van der Waals surface area contributed by atoms with Crippen LogP contribution < -0.4 is 10.6 Å². The van der Waals surface area contributed by atoms with Crippen molar-refractivity contribution >= 4 is 5.91 Å². The second kappa shape index (κ2) is 6.34. The average molecular weight is 261 g/mol. The van der Waals surface area contributed by atoms with Gasteiger partial charge < -0.3 is 10.6 Å². The molecule has 0 fully saturated rings. The fourth-order valence-electron chi connectivity index (χ4n) is 1.21. The Hall–Kier alpha value is -1.63. The van der Waals surface area contributed by atoms with Gasteiger partial charge in [-0.3, -0.25) is 9.78 Å². The Morgan fingerprint density at radius 3 is 2.78 bits per heavy atom. The summed E-state index contributed by atoms with van der Waals surface area (Å²) in [5, 5.41) is 4.63. The number of rotatable bonds is 5. The lowest BCUT2D eigenvalue weighted by molar-refractivity contribution is -0.139. The lowest BCUT2D eigenvalue weighted by Crippen LogP contribution is -2.44. The van der Waals surface area contributed by atoms with Crippen LogP contribution in [0.1, 0.15) is 12.5 Å². The molecule has 0 aliphatic carbocycles. The van der Waals surface area contributed by atoms with Crippen LogP contribution in [0.2, 0.25) is 0 Å². The molecule has 1 heterocycles. The normalized spacial score (nSPS) is 13.1. The monoisotopic (exact) mass is 261 g/mol. The minimum atomic E-state index is -4.39. The number of amides is 1. The summed E-state index contributed by atoms with van der Waals surface area (Å²) < 4.78 is 35.7. The third-order valence-corrected chi connectivity index (χ3v) is 2.19. The van der Waals surface area contributed by atoms with Gasteiger partial charge in [-0.25, -0.2) is 0 Å². The second-order valence-corrected chi connectivity index (χ2v) is 3.80. The van der Waals surface area contributed by atoms with E-state index >= 15 is 0 Å². The molecular weight excluding hydrogens is 247 g/mol. The first-order valence-corrected chi connectivity index (χ1v) is 5.35. The zero-order valence-corrected chi connectivity index (χ0v) is 9.79. The number of pyridine rings is 1. The van der Waals surface area contributed by atoms with Crippen LogP contribution in [-0.2, 0) is 11.3 Å². The van der Waals surface area contributed by atoms with Crippen molar-refractivity contribution in [2.45, 2.75) is 25.7 Å². The maximum absolute atomic E-state index is 11.9. The van der Waals surface area contributed by atoms with Crippen LogP contribution in [0.15, 0.2) is 24.5 Å². The Labute approximate surface area is 103 Å². The Kier molecular flexibility index (Phi) is 5.08. The van der Waals surface area contributed by atoms with Crippen molar-refractivity contribution < 1.29 is 18.0 Å². The van der Waals surface area contributed by atoms with Gasteiger partial charge in [0, 0.05) is 18.9 Å². The summed E-state index contributed by atoms with van der Waals surface area (Å²) in [4.78, 5) is 15.2. The molecule has 0 aromatic carbocycles. The maximum Gasteiger partial charge on any atom is 0.405 e. The smallest absolute Gasteiger partial charge is 0.346 e. The molecule has 0 spiro atoms. The molecule has 0 aliphatic rings. The summed E-state index contributed by atoms with van der Waals surface area (Å²) in [5.74, 6) is -0.684. The summed E-state index contributed by atoms with van der Waals surface area (Å²) >= 11 is 0. The van der Waals surface area contributed by atoms with Crippen molar-refractivity contribution in [2.75, 3.05) is 6.54 Å². The molecule has 18 heavy (non-hydrogen) atoms. The van der Waals surface area contributed by atoms with Gasteiger partial charge in [-0.1, -0.05) is 6.07 Å². The predicted octanol–water partition coefficient (Wildman–Crippen LogP) is 1.24. The number of hydrogen-bond donors (Lipinski definition) is 2. The summed E-state index contributed by atoms with van der Waals surface area (Å²) in [6.45, 7) is 0.557. The number of aromatic nitrogens is 1. The van der Waals surface area contributed by atoms with E-state index in [1.807, 2.05) is 5.32 Å². The molecule has 0 saturated heterocycles. The number of nitrogens with one attached hydrogen (secondary N) is 2. The Bertz CT molecular complexity index is 381. The van der Waals surface area contributed by atoms with Gasteiger partial charge in [0.2, 0.25) is 5.91 Å². The fraction of sp³-hybridized carbons (Fsp3) is 0.455. The SMILES string of the molecule is CC(NCc1cccnc1)C(=O)NCC(F)(F)F. The van der Waals surface area contributed by atoms with E-state index in [0.717, 1.165) is 5.56 Å². The van der Waals surface area contributed by atoms with Gasteiger partial charge in [-0.2, -0.15) is 13.2 Å². The molecule has 100 valence electrons. The van der Waals surface area contributed by atoms with Crippen molar-refractivity contribution in [2.24, 2.45) is 0 Å². The van der Waals surface area contributed by atoms with Crippen LogP contribution in [0.3, 0.4) is 0 Å². The van der Waals surface area contributed by atoms with Crippen molar-refractivity contribution in [3.05, 3.63) is 30.1 Å². The van der Waals surface area contributed by atoms with Gasteiger partial charge in [0.1, 0.15) is 6.54 Å². The van der Waals surface area contributed by atoms with Crippen LogP contribution in [0.4, 0.5) is 13.2 Å². The Morgan fingerprint density at radius 2 is 2.22 bits per heavy atom. The van der Waals surface area contributed by atoms with Gasteiger partial charge in [-0.05, 0) is 18.6 Å². The molecule has 1 unspecified atom stereocenters. The highest BCUT2D eigenvalue weighted by Crippen LogP contribution is 2.12. The number of carbonyl (C=O) groups is 1. The third-order valence-electron chi connectivity index (χ3n) is 2.19. The molecule has 4 nitrogen and oxygen atoms in total. The Morgan fingerprint density at radius 1 is 1.50 bits per heavy atom. The first kappa shape index (κ1) is 14.4. The summed E-state index contributed by atoms with van der Waals surface area (Å²) in [6.07, 6.45) is -1.16. The number of carbonyl (C=O) groups excluding carboxylic acids is 1. The first-order valence-electron chi connectivity index (χ1n) is 5.35. The minimum absolute atomic E-state index is 0.369. The molecular formula is C11H14F3N3O. The molecule has 1 atom stereocenters. The summed E-state index contributed by atoms with van der Waals surface area (Å²) in [5.41, 5.74) is 0.855. The first-order chi connectivity index (χ1) is 8.38. The molecule has 2 N–H and O–H groups in total. The van der Waals surface area contributed by atoms with Crippen molar-refractivity contribution in [1.29, 1.82) is 0 Å². The van der Waals surface area contributed by atoms with E-state index in [1.165, 1.54) is 6.92 Å². The number of halogens is 3. The molecule has 7 heteroatoms. The number of nitrogens with zero attached hydrogens (tertiary/aromatic N) is 1. The highest BCUT2D eigenvalue weighted by molar-refractivity contribution is 5.81. The average Bonchev–Trinajstić information content (AvgIpc) is 2.33. The van der Waals surface area contributed by atoms with Gasteiger partial charge in [-0.15, -0.1) is 0 Å². The maximum atomic E-state index is 11.9. The molecule has 1 rings (SSSR count). The highest BCUT2D eigenvalue weighted by atomic mass is 19.4. The lowest BCUT2D eigenvalue weighted by atomic mass is 10.2. The predicted molar refractivity (Wildman–Crippen MR) is 59.6 cm³/mol. The standard InChI is InChI=1S/C11H14F3N3O/c1-8(10(18)17-7-11(12,13)14)16-6-9-3-2-4-15-5-9/h2-5,8,16H,6-7H2,1H3,(H,17,18). The van der Waals surface area contributed by atoms with Gasteiger partial charge >= 0.3 is 6.18 Å². The summed E-state index contributed by atoms with van der Waals surface area (Å²) in [6, 6.07) is 2.85. The van der Waals surface area contributed by atoms with Crippen LogP contribution in [-0.4, -0.2) is 29.7 Å². The second-order valence-electron chi connectivity index (χ2n) is 3.80. The van der Waals surface area contributed by atoms with Crippen molar-refractivity contribution in [3.63, 3.8) is 0 Å². The van der Waals surface area contributed by atoms with Gasteiger partial charge in [0.05, 0.1) is 6.04 Å². The third kappa shape index (κ3) is 5.62. The topological polar surface area (TPSA) is 54.0 Å². The van der Waals surface area contributed by atoms with E-state index in [0.29, 0.717) is 6.54 Å². The zero-order chi connectivity index (χ0) is 13.6. The zero-order valence-electron chi connectivity index (χ0n) is 9.79. The minimum Gasteiger partial charge on any atom is -0.346 e. The van der Waals surface area contributed by atoms with E-state index in [-0.39, 0.29) is 0 Å². The van der Waals surface area contributed by atoms with Crippen LogP contribution in [0.25, 0.3) is 0 Å². The van der Waals surface area contributed by atoms with E-state index in [1.54, 1.807) is 24.5 Å². The Balaban J connectivity index is 2.32. The van der Waals surface area contributed by atoms with Crippen LogP contribution >= 0.6 is 0 Å². The molecule has 0 bridgehead atoms. The molecule has 0 radical (unpaired) electrons. The van der Waals surface area contributed by atoms with Crippen molar-refractivity contribution in [3.8, 4) is 0 Å².